The SMILES string of the molecule is CCSc1ccc(C(=O)N2C[C@H](C)[C@H]2c2ccccc2)cn1. The molecule has 1 aliphatic heterocycles. The lowest BCUT2D eigenvalue weighted by Gasteiger charge is -2.47. The Hall–Kier alpha value is -1.81. The number of thioether (sulfide) groups is 1. The molecule has 114 valence electrons. The van der Waals surface area contributed by atoms with Crippen LogP contribution in [0, 0.1) is 5.92 Å². The van der Waals surface area contributed by atoms with Crippen LogP contribution in [0.5, 0.6) is 0 Å². The van der Waals surface area contributed by atoms with Crippen LogP contribution in [0.2, 0.25) is 0 Å². The van der Waals surface area contributed by atoms with E-state index in [0.29, 0.717) is 11.5 Å². The van der Waals surface area contributed by atoms with Gasteiger partial charge in [-0.15, -0.1) is 11.8 Å². The van der Waals surface area contributed by atoms with Crippen LogP contribution in [-0.4, -0.2) is 28.1 Å². The summed E-state index contributed by atoms with van der Waals surface area (Å²) in [5, 5.41) is 0.968. The molecule has 1 aromatic heterocycles. The van der Waals surface area contributed by atoms with Gasteiger partial charge in [-0.2, -0.15) is 0 Å². The first-order chi connectivity index (χ1) is 10.7. The number of aromatic nitrogens is 1. The zero-order chi connectivity index (χ0) is 15.5. The van der Waals surface area contributed by atoms with E-state index in [9.17, 15) is 4.79 Å². The molecule has 3 rings (SSSR count). The van der Waals surface area contributed by atoms with Crippen LogP contribution in [-0.2, 0) is 0 Å². The van der Waals surface area contributed by atoms with Gasteiger partial charge in [0.1, 0.15) is 0 Å². The van der Waals surface area contributed by atoms with Crippen LogP contribution >= 0.6 is 11.8 Å². The number of amides is 1. The molecule has 1 aromatic carbocycles. The third-order valence-corrected chi connectivity index (χ3v) is 4.86. The summed E-state index contributed by atoms with van der Waals surface area (Å²) in [5.74, 6) is 1.56. The van der Waals surface area contributed by atoms with Crippen LogP contribution in [0.15, 0.2) is 53.7 Å². The largest absolute Gasteiger partial charge is 0.331 e. The Morgan fingerprint density at radius 2 is 2.05 bits per heavy atom. The molecule has 1 amide bonds. The molecule has 3 nitrogen and oxygen atoms in total. The van der Waals surface area contributed by atoms with Crippen LogP contribution in [0.25, 0.3) is 0 Å². The Labute approximate surface area is 135 Å². The summed E-state index contributed by atoms with van der Waals surface area (Å²) >= 11 is 1.69. The third kappa shape index (κ3) is 2.88. The summed E-state index contributed by atoms with van der Waals surface area (Å²) in [5.41, 5.74) is 1.88. The number of likely N-dealkylation sites (tertiary alicyclic amines) is 1. The Morgan fingerprint density at radius 3 is 2.64 bits per heavy atom. The molecule has 2 heterocycles. The zero-order valence-electron chi connectivity index (χ0n) is 12.9. The van der Waals surface area contributed by atoms with E-state index in [1.165, 1.54) is 5.56 Å². The fourth-order valence-corrected chi connectivity index (χ4v) is 3.55. The van der Waals surface area contributed by atoms with E-state index in [1.54, 1.807) is 18.0 Å². The maximum atomic E-state index is 12.7. The van der Waals surface area contributed by atoms with Gasteiger partial charge in [-0.1, -0.05) is 44.2 Å². The Morgan fingerprint density at radius 1 is 1.27 bits per heavy atom. The Kier molecular flexibility index (Phi) is 4.48. The molecular formula is C18H20N2OS. The number of pyridine rings is 1. The molecule has 0 bridgehead atoms. The van der Waals surface area contributed by atoms with Gasteiger partial charge in [-0.05, 0) is 29.4 Å². The molecule has 1 saturated heterocycles. The van der Waals surface area contributed by atoms with E-state index >= 15 is 0 Å². The molecule has 2 atom stereocenters. The van der Waals surface area contributed by atoms with Gasteiger partial charge in [-0.25, -0.2) is 4.98 Å². The molecule has 2 aromatic rings. The number of rotatable bonds is 4. The molecule has 1 fully saturated rings. The highest BCUT2D eigenvalue weighted by Crippen LogP contribution is 2.39. The van der Waals surface area contributed by atoms with E-state index < -0.39 is 0 Å². The normalized spacial score (nSPS) is 20.5. The fraction of sp³-hybridized carbons (Fsp3) is 0.333. The maximum Gasteiger partial charge on any atom is 0.255 e. The molecule has 4 heteroatoms. The van der Waals surface area contributed by atoms with E-state index in [0.717, 1.165) is 17.3 Å². The summed E-state index contributed by atoms with van der Waals surface area (Å²) in [4.78, 5) is 19.0. The van der Waals surface area contributed by atoms with Crippen molar-refractivity contribution in [3.63, 3.8) is 0 Å². The van der Waals surface area contributed by atoms with E-state index in [1.807, 2.05) is 35.2 Å². The predicted octanol–water partition coefficient (Wildman–Crippen LogP) is 4.03. The van der Waals surface area contributed by atoms with Crippen molar-refractivity contribution in [1.29, 1.82) is 0 Å². The van der Waals surface area contributed by atoms with Crippen molar-refractivity contribution >= 4 is 17.7 Å². The van der Waals surface area contributed by atoms with Gasteiger partial charge >= 0.3 is 0 Å². The first kappa shape index (κ1) is 15.1. The van der Waals surface area contributed by atoms with Crippen LogP contribution in [0.4, 0.5) is 0 Å². The number of hydrogen-bond donors (Lipinski definition) is 0. The molecule has 0 aliphatic carbocycles. The number of hydrogen-bond acceptors (Lipinski definition) is 3. The fourth-order valence-electron chi connectivity index (χ4n) is 2.97. The number of benzene rings is 1. The minimum absolute atomic E-state index is 0.0764. The minimum Gasteiger partial charge on any atom is -0.331 e. The van der Waals surface area contributed by atoms with E-state index in [2.05, 4.69) is 31.0 Å². The second-order valence-corrected chi connectivity index (χ2v) is 6.89. The average Bonchev–Trinajstić information content (AvgIpc) is 2.54. The van der Waals surface area contributed by atoms with Crippen molar-refractivity contribution in [2.24, 2.45) is 5.92 Å². The lowest BCUT2D eigenvalue weighted by Crippen LogP contribution is -2.51. The molecule has 22 heavy (non-hydrogen) atoms. The highest BCUT2D eigenvalue weighted by atomic mass is 32.2. The predicted molar refractivity (Wildman–Crippen MR) is 90.0 cm³/mol. The first-order valence-electron chi connectivity index (χ1n) is 7.65. The van der Waals surface area contributed by atoms with Crippen molar-refractivity contribution in [3.05, 3.63) is 59.8 Å². The summed E-state index contributed by atoms with van der Waals surface area (Å²) in [6, 6.07) is 14.3. The molecule has 1 aliphatic rings. The lowest BCUT2D eigenvalue weighted by atomic mass is 9.84. The van der Waals surface area contributed by atoms with E-state index in [-0.39, 0.29) is 11.9 Å². The monoisotopic (exact) mass is 312 g/mol. The van der Waals surface area contributed by atoms with Gasteiger partial charge in [0.15, 0.2) is 0 Å². The van der Waals surface area contributed by atoms with Gasteiger partial charge in [0.2, 0.25) is 0 Å². The lowest BCUT2D eigenvalue weighted by molar-refractivity contribution is 0.0197. The smallest absolute Gasteiger partial charge is 0.255 e. The Bertz CT molecular complexity index is 642. The van der Waals surface area contributed by atoms with Gasteiger partial charge < -0.3 is 4.90 Å². The van der Waals surface area contributed by atoms with Gasteiger partial charge in [0.25, 0.3) is 5.91 Å². The van der Waals surface area contributed by atoms with Gasteiger partial charge in [0.05, 0.1) is 16.6 Å². The average molecular weight is 312 g/mol. The third-order valence-electron chi connectivity index (χ3n) is 4.04. The van der Waals surface area contributed by atoms with Crippen LogP contribution in [0.1, 0.15) is 35.8 Å². The van der Waals surface area contributed by atoms with Crippen molar-refractivity contribution in [2.45, 2.75) is 24.9 Å². The summed E-state index contributed by atoms with van der Waals surface area (Å²) in [7, 11) is 0. The minimum atomic E-state index is 0.0764. The summed E-state index contributed by atoms with van der Waals surface area (Å²) < 4.78 is 0. The summed E-state index contributed by atoms with van der Waals surface area (Å²) in [6.07, 6.45) is 1.70. The van der Waals surface area contributed by atoms with E-state index in [4.69, 9.17) is 0 Å². The quantitative estimate of drug-likeness (QED) is 0.799. The van der Waals surface area contributed by atoms with Crippen molar-refractivity contribution in [1.82, 2.24) is 9.88 Å². The zero-order valence-corrected chi connectivity index (χ0v) is 13.7. The standard InChI is InChI=1S/C18H20N2OS/c1-3-22-16-10-9-15(11-19-16)18(21)20-12-13(2)17(20)14-7-5-4-6-8-14/h4-11,13,17H,3,12H2,1-2H3/t13-,17-/m0/s1. The first-order valence-corrected chi connectivity index (χ1v) is 8.64. The highest BCUT2D eigenvalue weighted by molar-refractivity contribution is 7.99. The number of nitrogens with zero attached hydrogens (tertiary/aromatic N) is 2. The second kappa shape index (κ2) is 6.53. The van der Waals surface area contributed by atoms with Crippen LogP contribution < -0.4 is 0 Å². The molecule has 0 radical (unpaired) electrons. The van der Waals surface area contributed by atoms with Gasteiger partial charge in [0, 0.05) is 12.7 Å². The second-order valence-electron chi connectivity index (χ2n) is 5.61. The van der Waals surface area contributed by atoms with Crippen molar-refractivity contribution in [2.75, 3.05) is 12.3 Å². The number of carbonyl (C=O) groups excluding carboxylic acids is 1. The Balaban J connectivity index is 1.77. The molecule has 0 unspecified atom stereocenters. The maximum absolute atomic E-state index is 12.7. The molecular weight excluding hydrogens is 292 g/mol. The highest BCUT2D eigenvalue weighted by Gasteiger charge is 2.40. The summed E-state index contributed by atoms with van der Waals surface area (Å²) in [6.45, 7) is 5.10. The van der Waals surface area contributed by atoms with Crippen molar-refractivity contribution in [3.8, 4) is 0 Å². The van der Waals surface area contributed by atoms with Gasteiger partial charge in [-0.3, -0.25) is 4.79 Å². The molecule has 0 saturated carbocycles. The van der Waals surface area contributed by atoms with Crippen molar-refractivity contribution < 1.29 is 4.79 Å². The van der Waals surface area contributed by atoms with Crippen LogP contribution in [0.3, 0.4) is 0 Å². The topological polar surface area (TPSA) is 33.2 Å². The number of carbonyl (C=O) groups is 1. The molecule has 0 spiro atoms. The molecule has 0 N–H and O–H groups in total.